The molecule has 0 aliphatic heterocycles. The number of rotatable bonds is 5. The van der Waals surface area contributed by atoms with Crippen LogP contribution in [0.25, 0.3) is 0 Å². The summed E-state index contributed by atoms with van der Waals surface area (Å²) in [5.41, 5.74) is 9.20. The van der Waals surface area contributed by atoms with E-state index in [2.05, 4.69) is 21.2 Å². The lowest BCUT2D eigenvalue weighted by molar-refractivity contribution is -0.123. The van der Waals surface area contributed by atoms with Gasteiger partial charge in [0.2, 0.25) is 5.91 Å². The van der Waals surface area contributed by atoms with E-state index in [0.29, 0.717) is 0 Å². The van der Waals surface area contributed by atoms with Gasteiger partial charge in [-0.2, -0.15) is 0 Å². The molecule has 0 radical (unpaired) electrons. The Kier molecular flexibility index (Phi) is 5.75. The second kappa shape index (κ2) is 7.56. The Bertz CT molecular complexity index is 623. The molecule has 22 heavy (non-hydrogen) atoms. The molecule has 0 aliphatic carbocycles. The summed E-state index contributed by atoms with van der Waals surface area (Å²) in [6.07, 6.45) is 0.777. The zero-order valence-electron chi connectivity index (χ0n) is 12.8. The third kappa shape index (κ3) is 4.68. The highest BCUT2D eigenvalue weighted by Gasteiger charge is 2.17. The molecule has 0 aromatic heterocycles. The SMILES string of the molecule is Cc1ccc(C(N)C(=O)NC(C)Cc2ccc(Br)cc2)cc1. The summed E-state index contributed by atoms with van der Waals surface area (Å²) < 4.78 is 1.05. The summed E-state index contributed by atoms with van der Waals surface area (Å²) in [6, 6.07) is 15.2. The standard InChI is InChI=1S/C18H21BrN2O/c1-12-3-7-15(8-4-12)17(20)18(22)21-13(2)11-14-5-9-16(19)10-6-14/h3-10,13,17H,11,20H2,1-2H3,(H,21,22). The number of hydrogen-bond acceptors (Lipinski definition) is 2. The normalized spacial score (nSPS) is 13.5. The maximum atomic E-state index is 12.2. The number of amides is 1. The Morgan fingerprint density at radius 2 is 1.73 bits per heavy atom. The van der Waals surface area contributed by atoms with Gasteiger partial charge in [-0.3, -0.25) is 4.79 Å². The molecule has 0 aliphatic rings. The molecule has 2 rings (SSSR count). The minimum Gasteiger partial charge on any atom is -0.352 e. The van der Waals surface area contributed by atoms with Crippen molar-refractivity contribution in [2.45, 2.75) is 32.4 Å². The van der Waals surface area contributed by atoms with Crippen molar-refractivity contribution in [3.8, 4) is 0 Å². The lowest BCUT2D eigenvalue weighted by atomic mass is 10.0. The molecule has 0 saturated heterocycles. The predicted molar refractivity (Wildman–Crippen MR) is 93.6 cm³/mol. The van der Waals surface area contributed by atoms with Gasteiger partial charge in [0.1, 0.15) is 6.04 Å². The first kappa shape index (κ1) is 16.7. The predicted octanol–water partition coefficient (Wildman–Crippen LogP) is 3.50. The zero-order valence-corrected chi connectivity index (χ0v) is 14.4. The number of aryl methyl sites for hydroxylation is 1. The summed E-state index contributed by atoms with van der Waals surface area (Å²) in [7, 11) is 0. The number of hydrogen-bond donors (Lipinski definition) is 2. The van der Waals surface area contributed by atoms with Crippen molar-refractivity contribution in [1.29, 1.82) is 0 Å². The molecule has 1 amide bonds. The van der Waals surface area contributed by atoms with Crippen LogP contribution in [0.4, 0.5) is 0 Å². The van der Waals surface area contributed by atoms with Crippen LogP contribution in [0.15, 0.2) is 53.0 Å². The molecule has 0 fully saturated rings. The highest BCUT2D eigenvalue weighted by molar-refractivity contribution is 9.10. The van der Waals surface area contributed by atoms with E-state index in [1.165, 1.54) is 5.56 Å². The largest absolute Gasteiger partial charge is 0.352 e. The molecule has 0 bridgehead atoms. The van der Waals surface area contributed by atoms with Gasteiger partial charge in [0, 0.05) is 10.5 Å². The lowest BCUT2D eigenvalue weighted by Gasteiger charge is -2.18. The van der Waals surface area contributed by atoms with Crippen molar-refractivity contribution in [2.24, 2.45) is 5.73 Å². The van der Waals surface area contributed by atoms with Crippen molar-refractivity contribution in [2.75, 3.05) is 0 Å². The van der Waals surface area contributed by atoms with Gasteiger partial charge in [-0.1, -0.05) is 57.9 Å². The molecule has 2 aromatic carbocycles. The van der Waals surface area contributed by atoms with E-state index in [1.54, 1.807) is 0 Å². The Morgan fingerprint density at radius 3 is 2.32 bits per heavy atom. The minimum atomic E-state index is -0.632. The van der Waals surface area contributed by atoms with E-state index in [1.807, 2.05) is 62.4 Å². The molecule has 2 atom stereocenters. The van der Waals surface area contributed by atoms with Crippen LogP contribution < -0.4 is 11.1 Å². The Labute approximate surface area is 140 Å². The number of halogens is 1. The summed E-state index contributed by atoms with van der Waals surface area (Å²) in [4.78, 5) is 12.2. The zero-order chi connectivity index (χ0) is 16.1. The number of carbonyl (C=O) groups excluding carboxylic acids is 1. The van der Waals surface area contributed by atoms with Gasteiger partial charge in [0.25, 0.3) is 0 Å². The molecule has 2 aromatic rings. The maximum Gasteiger partial charge on any atom is 0.241 e. The van der Waals surface area contributed by atoms with E-state index < -0.39 is 6.04 Å². The van der Waals surface area contributed by atoms with E-state index in [4.69, 9.17) is 5.73 Å². The van der Waals surface area contributed by atoms with Crippen LogP contribution in [-0.2, 0) is 11.2 Å². The Hall–Kier alpha value is -1.65. The molecule has 4 heteroatoms. The van der Waals surface area contributed by atoms with Crippen molar-refractivity contribution < 1.29 is 4.79 Å². The highest BCUT2D eigenvalue weighted by atomic mass is 79.9. The summed E-state index contributed by atoms with van der Waals surface area (Å²) >= 11 is 3.42. The van der Waals surface area contributed by atoms with Gasteiger partial charge in [0.05, 0.1) is 0 Å². The fourth-order valence-corrected chi connectivity index (χ4v) is 2.55. The molecular weight excluding hydrogens is 340 g/mol. The van der Waals surface area contributed by atoms with Crippen LogP contribution in [0, 0.1) is 6.92 Å². The highest BCUT2D eigenvalue weighted by Crippen LogP contribution is 2.14. The first-order valence-electron chi connectivity index (χ1n) is 7.32. The average molecular weight is 361 g/mol. The van der Waals surface area contributed by atoms with Gasteiger partial charge in [-0.25, -0.2) is 0 Å². The Morgan fingerprint density at radius 1 is 1.14 bits per heavy atom. The first-order chi connectivity index (χ1) is 10.5. The van der Waals surface area contributed by atoms with Gasteiger partial charge >= 0.3 is 0 Å². The number of nitrogens with two attached hydrogens (primary N) is 1. The molecule has 0 spiro atoms. The van der Waals surface area contributed by atoms with Crippen LogP contribution in [-0.4, -0.2) is 11.9 Å². The van der Waals surface area contributed by atoms with Crippen molar-refractivity contribution in [3.63, 3.8) is 0 Å². The molecule has 0 saturated carbocycles. The van der Waals surface area contributed by atoms with Gasteiger partial charge < -0.3 is 11.1 Å². The van der Waals surface area contributed by atoms with Crippen LogP contribution in [0.2, 0.25) is 0 Å². The van der Waals surface area contributed by atoms with Crippen molar-refractivity contribution in [3.05, 3.63) is 69.7 Å². The third-order valence-corrected chi connectivity index (χ3v) is 4.09. The molecule has 2 unspecified atom stereocenters. The van der Waals surface area contributed by atoms with E-state index in [-0.39, 0.29) is 11.9 Å². The summed E-state index contributed by atoms with van der Waals surface area (Å²) in [5.74, 6) is -0.145. The van der Waals surface area contributed by atoms with E-state index in [0.717, 1.165) is 22.0 Å². The Balaban J connectivity index is 1.92. The lowest BCUT2D eigenvalue weighted by Crippen LogP contribution is -2.40. The fourth-order valence-electron chi connectivity index (χ4n) is 2.28. The van der Waals surface area contributed by atoms with Crippen molar-refractivity contribution in [1.82, 2.24) is 5.32 Å². The minimum absolute atomic E-state index is 0.0326. The van der Waals surface area contributed by atoms with Crippen LogP contribution >= 0.6 is 15.9 Å². The maximum absolute atomic E-state index is 12.2. The first-order valence-corrected chi connectivity index (χ1v) is 8.12. The summed E-state index contributed by atoms with van der Waals surface area (Å²) in [5, 5.41) is 2.98. The molecule has 3 nitrogen and oxygen atoms in total. The smallest absolute Gasteiger partial charge is 0.241 e. The van der Waals surface area contributed by atoms with E-state index in [9.17, 15) is 4.79 Å². The number of benzene rings is 2. The van der Waals surface area contributed by atoms with Gasteiger partial charge in [0.15, 0.2) is 0 Å². The molecule has 116 valence electrons. The van der Waals surface area contributed by atoms with Crippen molar-refractivity contribution >= 4 is 21.8 Å². The van der Waals surface area contributed by atoms with E-state index >= 15 is 0 Å². The second-order valence-corrected chi connectivity index (χ2v) is 6.54. The monoisotopic (exact) mass is 360 g/mol. The third-order valence-electron chi connectivity index (χ3n) is 3.56. The topological polar surface area (TPSA) is 55.1 Å². The second-order valence-electron chi connectivity index (χ2n) is 5.63. The van der Waals surface area contributed by atoms with Crippen LogP contribution in [0.1, 0.15) is 29.7 Å². The van der Waals surface area contributed by atoms with Crippen LogP contribution in [0.3, 0.4) is 0 Å². The fraction of sp³-hybridized carbons (Fsp3) is 0.278. The summed E-state index contributed by atoms with van der Waals surface area (Å²) in [6.45, 7) is 4.00. The molecular formula is C18H21BrN2O. The van der Waals surface area contributed by atoms with Gasteiger partial charge in [-0.15, -0.1) is 0 Å². The quantitative estimate of drug-likeness (QED) is 0.856. The average Bonchev–Trinajstić information content (AvgIpc) is 2.49. The molecule has 3 N–H and O–H groups in total. The van der Waals surface area contributed by atoms with Crippen LogP contribution in [0.5, 0.6) is 0 Å². The van der Waals surface area contributed by atoms with Gasteiger partial charge in [-0.05, 0) is 43.5 Å². The number of nitrogens with one attached hydrogen (secondary N) is 1. The molecule has 0 heterocycles. The number of carbonyl (C=O) groups is 1.